The number of fused-ring (bicyclic) bond motifs is 1. The second-order valence-corrected chi connectivity index (χ2v) is 40.6. The highest BCUT2D eigenvalue weighted by molar-refractivity contribution is 7.31. The van der Waals surface area contributed by atoms with Gasteiger partial charge in [-0.05, 0) is 174 Å². The summed E-state index contributed by atoms with van der Waals surface area (Å²) in [6.45, 7) is 24.2. The molecule has 10 rings (SSSR count). The molecule has 2 atom stereocenters. The maximum atomic E-state index is 16.5. The summed E-state index contributed by atoms with van der Waals surface area (Å²) < 4.78 is 0. The molecule has 2 unspecified atom stereocenters. The van der Waals surface area contributed by atoms with Gasteiger partial charge in [0, 0.05) is 84.0 Å². The Bertz CT molecular complexity index is 4050. The molecule has 0 aliphatic carbocycles. The summed E-state index contributed by atoms with van der Waals surface area (Å²) in [5.74, 6) is 0.561. The van der Waals surface area contributed by atoms with Gasteiger partial charge in [0.15, 0.2) is 0 Å². The van der Waals surface area contributed by atoms with Crippen molar-refractivity contribution in [3.05, 3.63) is 114 Å². The lowest BCUT2D eigenvalue weighted by Gasteiger charge is -2.29. The number of aromatic nitrogens is 2. The van der Waals surface area contributed by atoms with Gasteiger partial charge in [-0.25, -0.2) is 9.97 Å². The number of rotatable bonds is 56. The molecule has 10 heterocycles. The number of hydrogen-bond donors (Lipinski definition) is 0. The molecule has 8 aromatic rings. The molecule has 14 heteroatoms. The van der Waals surface area contributed by atoms with Crippen LogP contribution in [0.3, 0.4) is 0 Å². The molecular formula is C94H134N4O2S8. The summed E-state index contributed by atoms with van der Waals surface area (Å²) in [6.07, 6.45) is 57.2. The number of nitrogens with zero attached hydrogens (tertiary/aromatic N) is 4. The fourth-order valence-corrected chi connectivity index (χ4v) is 25.5. The van der Waals surface area contributed by atoms with Crippen LogP contribution in [0.2, 0.25) is 0 Å². The molecule has 0 N–H and O–H groups in total. The number of unbranched alkanes of at least 4 members (excludes halogenated alkanes) is 28. The second-order valence-electron chi connectivity index (χ2n) is 31.8. The van der Waals surface area contributed by atoms with Crippen molar-refractivity contribution in [2.45, 2.75) is 352 Å². The van der Waals surface area contributed by atoms with E-state index >= 15 is 9.59 Å². The molecule has 2 amide bonds. The molecule has 0 radical (unpaired) electrons. The summed E-state index contributed by atoms with van der Waals surface area (Å²) in [5, 5.41) is 1.58. The van der Waals surface area contributed by atoms with E-state index in [1.807, 2.05) is 68.0 Å². The van der Waals surface area contributed by atoms with Crippen LogP contribution in [0.25, 0.3) is 69.9 Å². The first-order chi connectivity index (χ1) is 52.9. The average Bonchev–Trinajstić information content (AvgIpc) is 1.55. The van der Waals surface area contributed by atoms with Gasteiger partial charge in [-0.2, -0.15) is 0 Å². The van der Waals surface area contributed by atoms with E-state index in [1.165, 1.54) is 280 Å². The Morgan fingerprint density at radius 2 is 0.620 bits per heavy atom. The number of carbonyl (C=O) groups is 2. The zero-order valence-corrected chi connectivity index (χ0v) is 74.9. The molecule has 2 aliphatic rings. The number of thiazole rings is 2. The molecular weight excluding hydrogens is 1470 g/mol. The van der Waals surface area contributed by atoms with Crippen LogP contribution in [-0.4, -0.2) is 44.7 Å². The van der Waals surface area contributed by atoms with Crippen LogP contribution in [0, 0.1) is 25.7 Å². The molecule has 590 valence electrons. The lowest BCUT2D eigenvalue weighted by atomic mass is 9.93. The first kappa shape index (κ1) is 86.3. The summed E-state index contributed by atoms with van der Waals surface area (Å²) in [4.78, 5) is 66.8. The Kier molecular flexibility index (Phi) is 37.0. The standard InChI is InChI=1S/C94H134N4O2S8/c1-11-19-27-35-37-41-49-69(47-39-29-21-13-3)65-97-86(91-95-63-82(107-91)80-59-71(68(10)102-80)51-43-31-23-15-5)84-85(94(97)100)87(98(93(84)99)66-70(48-40-30-22-14-4)50-42-38-36-28-20-12-2)92-96-64-83(108-92)81-60-72(52-44-32-24-16-6)88(104-81)77-58-57-76(103-77)79-62-74(54-46-34-26-18-8)90(106-79)89-73(53-45-33-25-17-7)61-78(105-89)75-56-55-67(9)101-75/h55-64,69-70H,11-54,65-66H2,1-10H3. The molecule has 0 saturated heterocycles. The van der Waals surface area contributed by atoms with Crippen molar-refractivity contribution in [2.24, 2.45) is 11.8 Å². The van der Waals surface area contributed by atoms with Crippen molar-refractivity contribution in [3.8, 4) is 58.5 Å². The lowest BCUT2D eigenvalue weighted by molar-refractivity contribution is -0.124. The van der Waals surface area contributed by atoms with E-state index in [2.05, 4.69) is 140 Å². The Hall–Kier alpha value is -4.12. The predicted octanol–water partition coefficient (Wildman–Crippen LogP) is 32.6. The lowest BCUT2D eigenvalue weighted by Crippen LogP contribution is -2.35. The summed E-state index contributed by atoms with van der Waals surface area (Å²) in [6, 6.07) is 19.5. The fraction of sp³-hybridized carbons (Fsp3) is 0.617. The highest BCUT2D eigenvalue weighted by Gasteiger charge is 2.51. The normalized spacial score (nSPS) is 13.9. The van der Waals surface area contributed by atoms with Crippen LogP contribution in [0.5, 0.6) is 0 Å². The first-order valence-corrected chi connectivity index (χ1v) is 50.2. The van der Waals surface area contributed by atoms with Gasteiger partial charge < -0.3 is 9.80 Å². The highest BCUT2D eigenvalue weighted by atomic mass is 32.1. The van der Waals surface area contributed by atoms with Crippen LogP contribution in [0.15, 0.2) is 72.1 Å². The first-order valence-electron chi connectivity index (χ1n) is 43.6. The quantitative estimate of drug-likeness (QED) is 0.0356. The highest BCUT2D eigenvalue weighted by Crippen LogP contribution is 2.54. The van der Waals surface area contributed by atoms with Crippen molar-refractivity contribution in [1.29, 1.82) is 0 Å². The van der Waals surface area contributed by atoms with Gasteiger partial charge in [0.25, 0.3) is 11.8 Å². The Balaban J connectivity index is 1.06. The van der Waals surface area contributed by atoms with Crippen molar-refractivity contribution in [2.75, 3.05) is 13.1 Å². The smallest absolute Gasteiger partial charge is 0.261 e. The summed E-state index contributed by atoms with van der Waals surface area (Å²) in [5.41, 5.74) is 8.56. The molecule has 108 heavy (non-hydrogen) atoms. The van der Waals surface area contributed by atoms with E-state index in [0.717, 1.165) is 115 Å². The molecule has 0 bridgehead atoms. The van der Waals surface area contributed by atoms with Crippen molar-refractivity contribution >= 4 is 114 Å². The van der Waals surface area contributed by atoms with Gasteiger partial charge in [-0.3, -0.25) is 9.59 Å². The SMILES string of the molecule is CCCCCCCCC(CCCCCC)CN1C(=O)C2=C(c3ncc(-c4cc(CCCCCC)c(-c5ccc(-c6cc(CCCCCC)c(-c7sc(-c8ccc(C)s8)cc7CCCCCC)s6)s5)s4)s3)N(CC(CCCCCC)CCCCCCCC)C(=O)C2=C1c1ncc(-c2cc(CCCCCC)c(C)s2)s1. The van der Waals surface area contributed by atoms with Crippen molar-refractivity contribution in [3.63, 3.8) is 0 Å². The van der Waals surface area contributed by atoms with E-state index in [4.69, 9.17) is 9.97 Å². The van der Waals surface area contributed by atoms with Crippen LogP contribution in [0.1, 0.15) is 354 Å². The predicted molar refractivity (Wildman–Crippen MR) is 483 cm³/mol. The van der Waals surface area contributed by atoms with Crippen LogP contribution < -0.4 is 0 Å². The van der Waals surface area contributed by atoms with Gasteiger partial charge >= 0.3 is 0 Å². The summed E-state index contributed by atoms with van der Waals surface area (Å²) in [7, 11) is 0. The Labute approximate surface area is 686 Å². The minimum absolute atomic E-state index is 0.0307. The molecule has 6 nitrogen and oxygen atoms in total. The van der Waals surface area contributed by atoms with Crippen LogP contribution >= 0.6 is 90.7 Å². The molecule has 0 fully saturated rings. The molecule has 0 spiro atoms. The van der Waals surface area contributed by atoms with Crippen molar-refractivity contribution < 1.29 is 9.59 Å². The maximum Gasteiger partial charge on any atom is 0.261 e. The monoisotopic (exact) mass is 1610 g/mol. The summed E-state index contributed by atoms with van der Waals surface area (Å²) >= 11 is 15.2. The third-order valence-corrected chi connectivity index (χ3v) is 32.6. The van der Waals surface area contributed by atoms with Gasteiger partial charge in [-0.1, -0.05) is 261 Å². The third-order valence-electron chi connectivity index (χ3n) is 22.7. The largest absolute Gasteiger partial charge is 0.304 e. The van der Waals surface area contributed by atoms with Crippen LogP contribution in [0.4, 0.5) is 0 Å². The number of aryl methyl sites for hydroxylation is 6. The molecule has 2 aliphatic heterocycles. The Morgan fingerprint density at radius 1 is 0.306 bits per heavy atom. The number of thiophene rings is 6. The second kappa shape index (κ2) is 46.3. The van der Waals surface area contributed by atoms with E-state index in [1.54, 1.807) is 22.7 Å². The van der Waals surface area contributed by atoms with Crippen LogP contribution in [-0.2, 0) is 35.3 Å². The maximum absolute atomic E-state index is 16.5. The van der Waals surface area contributed by atoms with E-state index in [9.17, 15) is 0 Å². The molecule has 8 aromatic heterocycles. The van der Waals surface area contributed by atoms with E-state index in [0.29, 0.717) is 36.1 Å². The van der Waals surface area contributed by atoms with Crippen molar-refractivity contribution in [1.82, 2.24) is 19.8 Å². The third kappa shape index (κ3) is 24.0. The van der Waals surface area contributed by atoms with E-state index in [-0.39, 0.29) is 11.8 Å². The number of carbonyl (C=O) groups excluding carboxylic acids is 2. The number of hydrogen-bond acceptors (Lipinski definition) is 12. The fourth-order valence-electron chi connectivity index (χ4n) is 16.3. The zero-order chi connectivity index (χ0) is 76.0. The minimum atomic E-state index is -0.0307. The van der Waals surface area contributed by atoms with Gasteiger partial charge in [0.05, 0.1) is 32.3 Å². The molecule has 0 saturated carbocycles. The topological polar surface area (TPSA) is 66.4 Å². The minimum Gasteiger partial charge on any atom is -0.304 e. The number of amides is 2. The molecule has 0 aromatic carbocycles. The van der Waals surface area contributed by atoms with Gasteiger partial charge in [0.1, 0.15) is 10.0 Å². The van der Waals surface area contributed by atoms with Gasteiger partial charge in [-0.15, -0.1) is 90.7 Å². The zero-order valence-electron chi connectivity index (χ0n) is 68.3. The average molecular weight is 1610 g/mol. The van der Waals surface area contributed by atoms with E-state index < -0.39 is 0 Å². The Morgan fingerprint density at radius 3 is 1.03 bits per heavy atom. The van der Waals surface area contributed by atoms with Gasteiger partial charge in [0.2, 0.25) is 0 Å².